The van der Waals surface area contributed by atoms with E-state index in [4.69, 9.17) is 5.11 Å². The second kappa shape index (κ2) is 9.23. The molecule has 1 aliphatic rings. The Labute approximate surface area is 131 Å². The zero-order valence-corrected chi connectivity index (χ0v) is 13.4. The van der Waals surface area contributed by atoms with Gasteiger partial charge in [-0.25, -0.2) is 0 Å². The van der Waals surface area contributed by atoms with Crippen molar-refractivity contribution >= 4 is 11.8 Å². The van der Waals surface area contributed by atoms with Crippen LogP contribution in [0.15, 0.2) is 17.8 Å². The van der Waals surface area contributed by atoms with Gasteiger partial charge in [-0.1, -0.05) is 37.1 Å². The van der Waals surface area contributed by atoms with Gasteiger partial charge < -0.3 is 15.0 Å². The van der Waals surface area contributed by atoms with Gasteiger partial charge in [0.2, 0.25) is 0 Å². The fourth-order valence-electron chi connectivity index (χ4n) is 2.79. The lowest BCUT2D eigenvalue weighted by Gasteiger charge is -2.21. The van der Waals surface area contributed by atoms with Gasteiger partial charge >= 0.3 is 0 Å². The van der Waals surface area contributed by atoms with Crippen LogP contribution in [0.3, 0.4) is 0 Å². The van der Waals surface area contributed by atoms with Crippen molar-refractivity contribution in [1.29, 1.82) is 0 Å². The maximum absolute atomic E-state index is 8.74. The van der Waals surface area contributed by atoms with E-state index in [2.05, 4.69) is 26.7 Å². The molecule has 0 spiro atoms. The maximum Gasteiger partial charge on any atom is 0.191 e. The fourth-order valence-corrected chi connectivity index (χ4v) is 3.64. The van der Waals surface area contributed by atoms with E-state index >= 15 is 0 Å². The summed E-state index contributed by atoms with van der Waals surface area (Å²) in [5, 5.41) is 21.7. The Morgan fingerprint density at radius 2 is 2.10 bits per heavy atom. The Bertz CT molecular complexity index is 429. The number of hydrogen-bond acceptors (Lipinski definition) is 5. The first-order valence-electron chi connectivity index (χ1n) is 7.85. The Balaban J connectivity index is 1.96. The molecule has 2 N–H and O–H groups in total. The quantitative estimate of drug-likeness (QED) is 0.416. The van der Waals surface area contributed by atoms with Gasteiger partial charge in [0, 0.05) is 31.3 Å². The molecule has 6 heteroatoms. The van der Waals surface area contributed by atoms with Crippen molar-refractivity contribution < 1.29 is 5.11 Å². The summed E-state index contributed by atoms with van der Waals surface area (Å²) in [7, 11) is 0. The van der Waals surface area contributed by atoms with Crippen LogP contribution in [0.1, 0.15) is 43.8 Å². The molecule has 0 unspecified atom stereocenters. The molecule has 1 aromatic rings. The van der Waals surface area contributed by atoms with E-state index in [1.165, 1.54) is 32.1 Å². The Morgan fingerprint density at radius 1 is 1.29 bits per heavy atom. The van der Waals surface area contributed by atoms with Gasteiger partial charge in [0.25, 0.3) is 0 Å². The van der Waals surface area contributed by atoms with Gasteiger partial charge in [0.05, 0.1) is 6.61 Å². The second-order valence-corrected chi connectivity index (χ2v) is 6.46. The second-order valence-electron chi connectivity index (χ2n) is 5.40. The predicted octanol–water partition coefficient (Wildman–Crippen LogP) is 2.19. The minimum atomic E-state index is 0.184. The van der Waals surface area contributed by atoms with Crippen molar-refractivity contribution in [3.63, 3.8) is 0 Å². The van der Waals surface area contributed by atoms with E-state index in [1.54, 1.807) is 11.8 Å². The number of thioether (sulfide) groups is 1. The molecule has 1 aromatic heterocycles. The van der Waals surface area contributed by atoms with Crippen LogP contribution in [-0.4, -0.2) is 45.3 Å². The molecule has 1 aliphatic carbocycles. The molecule has 5 nitrogen and oxygen atoms in total. The number of aromatic nitrogens is 3. The highest BCUT2D eigenvalue weighted by Crippen LogP contribution is 2.33. The molecular formula is C15H26N4OS. The fraction of sp³-hybridized carbons (Fsp3) is 0.733. The lowest BCUT2D eigenvalue weighted by Crippen LogP contribution is -2.21. The predicted molar refractivity (Wildman–Crippen MR) is 86.7 cm³/mol. The monoisotopic (exact) mass is 310 g/mol. The Morgan fingerprint density at radius 3 is 2.81 bits per heavy atom. The molecule has 1 saturated carbocycles. The van der Waals surface area contributed by atoms with Crippen molar-refractivity contribution in [2.45, 2.75) is 49.7 Å². The summed E-state index contributed by atoms with van der Waals surface area (Å²) in [5.41, 5.74) is 0. The number of hydrogen-bond donors (Lipinski definition) is 2. The zero-order chi connectivity index (χ0) is 14.9. The SMILES string of the molecule is C=CCn1c(SCCNCCO)nnc1C1CCCCC1. The van der Waals surface area contributed by atoms with E-state index in [0.29, 0.717) is 12.5 Å². The van der Waals surface area contributed by atoms with E-state index in [0.717, 1.165) is 29.8 Å². The highest BCUT2D eigenvalue weighted by molar-refractivity contribution is 7.99. The smallest absolute Gasteiger partial charge is 0.191 e. The first-order valence-corrected chi connectivity index (χ1v) is 8.83. The Kier molecular flexibility index (Phi) is 7.26. The van der Waals surface area contributed by atoms with Crippen LogP contribution in [0.4, 0.5) is 0 Å². The van der Waals surface area contributed by atoms with E-state index in [-0.39, 0.29) is 6.61 Å². The van der Waals surface area contributed by atoms with E-state index in [1.807, 2.05) is 6.08 Å². The molecule has 1 fully saturated rings. The molecule has 0 amide bonds. The molecule has 0 saturated heterocycles. The van der Waals surface area contributed by atoms with Crippen LogP contribution >= 0.6 is 11.8 Å². The molecule has 1 heterocycles. The third-order valence-corrected chi connectivity index (χ3v) is 4.79. The number of aliphatic hydroxyl groups is 1. The van der Waals surface area contributed by atoms with Gasteiger partial charge in [-0.05, 0) is 12.8 Å². The van der Waals surface area contributed by atoms with E-state index in [9.17, 15) is 0 Å². The summed E-state index contributed by atoms with van der Waals surface area (Å²) in [4.78, 5) is 0. The number of aliphatic hydroxyl groups excluding tert-OH is 1. The summed E-state index contributed by atoms with van der Waals surface area (Å²) >= 11 is 1.72. The lowest BCUT2D eigenvalue weighted by atomic mass is 9.89. The van der Waals surface area contributed by atoms with Crippen LogP contribution in [0.2, 0.25) is 0 Å². The molecule has 118 valence electrons. The zero-order valence-electron chi connectivity index (χ0n) is 12.6. The molecule has 2 rings (SSSR count). The maximum atomic E-state index is 8.74. The van der Waals surface area contributed by atoms with Gasteiger partial charge in [-0.15, -0.1) is 16.8 Å². The van der Waals surface area contributed by atoms with Crippen LogP contribution < -0.4 is 5.32 Å². The lowest BCUT2D eigenvalue weighted by molar-refractivity contribution is 0.294. The van der Waals surface area contributed by atoms with Gasteiger partial charge in [-0.3, -0.25) is 0 Å². The van der Waals surface area contributed by atoms with Crippen molar-refractivity contribution in [3.05, 3.63) is 18.5 Å². The topological polar surface area (TPSA) is 63.0 Å². The normalized spacial score (nSPS) is 16.2. The first-order chi connectivity index (χ1) is 10.4. The molecule has 0 aromatic carbocycles. The van der Waals surface area contributed by atoms with Crippen molar-refractivity contribution in [2.24, 2.45) is 0 Å². The average Bonchev–Trinajstić information content (AvgIpc) is 2.91. The number of nitrogens with one attached hydrogen (secondary N) is 1. The van der Waals surface area contributed by atoms with Crippen molar-refractivity contribution in [1.82, 2.24) is 20.1 Å². The van der Waals surface area contributed by atoms with Gasteiger partial charge in [0.15, 0.2) is 5.16 Å². The standard InChI is InChI=1S/C15H26N4OS/c1-2-10-19-14(13-6-4-3-5-7-13)17-18-15(19)21-12-9-16-8-11-20/h2,13,16,20H,1,3-12H2. The summed E-state index contributed by atoms with van der Waals surface area (Å²) in [6, 6.07) is 0. The molecule has 21 heavy (non-hydrogen) atoms. The van der Waals surface area contributed by atoms with Crippen LogP contribution in [0.5, 0.6) is 0 Å². The van der Waals surface area contributed by atoms with Crippen LogP contribution in [0, 0.1) is 0 Å². The van der Waals surface area contributed by atoms with Crippen LogP contribution in [-0.2, 0) is 6.54 Å². The summed E-state index contributed by atoms with van der Waals surface area (Å²) in [5.74, 6) is 2.63. The molecule has 0 aliphatic heterocycles. The number of rotatable bonds is 9. The van der Waals surface area contributed by atoms with Crippen molar-refractivity contribution in [3.8, 4) is 0 Å². The minimum Gasteiger partial charge on any atom is -0.395 e. The minimum absolute atomic E-state index is 0.184. The third kappa shape index (κ3) is 4.83. The largest absolute Gasteiger partial charge is 0.395 e. The molecule has 0 radical (unpaired) electrons. The first kappa shape index (κ1) is 16.5. The molecule has 0 atom stereocenters. The number of nitrogens with zero attached hydrogens (tertiary/aromatic N) is 3. The summed E-state index contributed by atoms with van der Waals surface area (Å²) in [6.45, 7) is 6.34. The number of allylic oxidation sites excluding steroid dienone is 1. The third-order valence-electron chi connectivity index (χ3n) is 3.83. The molecule has 0 bridgehead atoms. The van der Waals surface area contributed by atoms with Gasteiger partial charge in [-0.2, -0.15) is 0 Å². The summed E-state index contributed by atoms with van der Waals surface area (Å²) < 4.78 is 2.22. The average molecular weight is 310 g/mol. The van der Waals surface area contributed by atoms with E-state index < -0.39 is 0 Å². The summed E-state index contributed by atoms with van der Waals surface area (Å²) in [6.07, 6.45) is 8.35. The van der Waals surface area contributed by atoms with Crippen LogP contribution in [0.25, 0.3) is 0 Å². The highest BCUT2D eigenvalue weighted by atomic mass is 32.2. The van der Waals surface area contributed by atoms with Crippen molar-refractivity contribution in [2.75, 3.05) is 25.4 Å². The van der Waals surface area contributed by atoms with Gasteiger partial charge in [0.1, 0.15) is 5.82 Å². The highest BCUT2D eigenvalue weighted by Gasteiger charge is 2.22. The Hall–Kier alpha value is -0.850. The molecular weight excluding hydrogens is 284 g/mol.